The molecule has 2 aromatic carbocycles. The largest absolute Gasteiger partial charge is 0.349 e. The molecule has 1 aliphatic rings. The first-order valence-electron chi connectivity index (χ1n) is 8.96. The first kappa shape index (κ1) is 19.6. The first-order chi connectivity index (χ1) is 14.1. The number of aryl methyl sites for hydroxylation is 1. The summed E-state index contributed by atoms with van der Waals surface area (Å²) in [5, 5.41) is 7.51. The second-order valence-electron chi connectivity index (χ2n) is 6.67. The highest BCUT2D eigenvalue weighted by molar-refractivity contribution is 9.10. The summed E-state index contributed by atoms with van der Waals surface area (Å²) in [5.41, 5.74) is 5.99. The van der Waals surface area contributed by atoms with Gasteiger partial charge >= 0.3 is 0 Å². The second kappa shape index (κ2) is 8.36. The Balaban J connectivity index is 1.56. The van der Waals surface area contributed by atoms with E-state index in [4.69, 9.17) is 11.8 Å². The van der Waals surface area contributed by atoms with Gasteiger partial charge in [-0.25, -0.2) is 10.3 Å². The van der Waals surface area contributed by atoms with Crippen LogP contribution < -0.4 is 15.6 Å². The van der Waals surface area contributed by atoms with Crippen LogP contribution >= 0.6 is 27.7 Å². The Bertz CT molecular complexity index is 1110. The molecule has 4 N–H and O–H groups in total. The van der Waals surface area contributed by atoms with Crippen molar-refractivity contribution in [2.45, 2.75) is 18.9 Å². The van der Waals surface area contributed by atoms with Crippen molar-refractivity contribution in [3.05, 3.63) is 63.8 Å². The minimum absolute atomic E-state index is 0.279. The van der Waals surface area contributed by atoms with Gasteiger partial charge in [-0.05, 0) is 58.2 Å². The van der Waals surface area contributed by atoms with Crippen LogP contribution in [0.3, 0.4) is 0 Å². The van der Waals surface area contributed by atoms with Crippen LogP contribution in [0.1, 0.15) is 27.9 Å². The first-order valence-corrected chi connectivity index (χ1v) is 10.1. The molecule has 2 heterocycles. The van der Waals surface area contributed by atoms with E-state index in [1.54, 1.807) is 18.3 Å². The molecule has 0 spiro atoms. The predicted octanol–water partition coefficient (Wildman–Crippen LogP) is 3.69. The van der Waals surface area contributed by atoms with Crippen LogP contribution in [0.4, 0.5) is 5.69 Å². The third kappa shape index (κ3) is 4.05. The van der Waals surface area contributed by atoms with Gasteiger partial charge in [0.05, 0.1) is 16.4 Å². The number of nitrogens with zero attached hydrogens (tertiary/aromatic N) is 1. The Hall–Kier alpha value is -2.68. The summed E-state index contributed by atoms with van der Waals surface area (Å²) in [6.45, 7) is 0. The Kier molecular flexibility index (Phi) is 5.66. The molecule has 0 bridgehead atoms. The minimum atomic E-state index is -0.588. The molecule has 29 heavy (non-hydrogen) atoms. The van der Waals surface area contributed by atoms with Gasteiger partial charge in [0.2, 0.25) is 5.91 Å². The molecule has 4 rings (SSSR count). The van der Waals surface area contributed by atoms with Crippen molar-refractivity contribution < 1.29 is 9.59 Å². The highest BCUT2D eigenvalue weighted by Crippen LogP contribution is 2.32. The fourth-order valence-electron chi connectivity index (χ4n) is 3.33. The van der Waals surface area contributed by atoms with Crippen LogP contribution in [0.5, 0.6) is 0 Å². The average Bonchev–Trinajstić information content (AvgIpc) is 2.92. The number of H-pyrrole nitrogens is 1. The van der Waals surface area contributed by atoms with Gasteiger partial charge in [0.25, 0.3) is 5.91 Å². The monoisotopic (exact) mass is 473 g/mol. The summed E-state index contributed by atoms with van der Waals surface area (Å²) in [6, 6.07) is 12.7. The number of aromatic nitrogens is 1. The van der Waals surface area contributed by atoms with Crippen molar-refractivity contribution in [3.8, 4) is 0 Å². The number of hydrogen-bond acceptors (Lipinski definition) is 4. The molecule has 0 unspecified atom stereocenters. The van der Waals surface area contributed by atoms with E-state index in [9.17, 15) is 9.59 Å². The van der Waals surface area contributed by atoms with Gasteiger partial charge in [0.1, 0.15) is 6.04 Å². The highest BCUT2D eigenvalue weighted by Gasteiger charge is 2.22. The van der Waals surface area contributed by atoms with E-state index in [-0.39, 0.29) is 11.8 Å². The van der Waals surface area contributed by atoms with Gasteiger partial charge in [-0.3, -0.25) is 9.59 Å². The Labute approximate surface area is 180 Å². The van der Waals surface area contributed by atoms with Gasteiger partial charge < -0.3 is 10.3 Å². The van der Waals surface area contributed by atoms with Crippen molar-refractivity contribution >= 4 is 62.3 Å². The molecule has 1 aliphatic heterocycles. The van der Waals surface area contributed by atoms with Crippen LogP contribution in [0.2, 0.25) is 0 Å². The summed E-state index contributed by atoms with van der Waals surface area (Å²) in [7, 11) is 0. The maximum absolute atomic E-state index is 12.7. The second-order valence-corrected chi connectivity index (χ2v) is 7.68. The van der Waals surface area contributed by atoms with E-state index in [2.05, 4.69) is 41.6 Å². The number of carbonyl (C=O) groups is 2. The number of anilines is 1. The van der Waals surface area contributed by atoms with E-state index in [0.29, 0.717) is 34.2 Å². The van der Waals surface area contributed by atoms with Crippen molar-refractivity contribution in [2.24, 2.45) is 5.10 Å². The van der Waals surface area contributed by atoms with Crippen molar-refractivity contribution in [1.82, 2.24) is 15.2 Å². The normalized spacial score (nSPS) is 13.8. The fourth-order valence-corrected chi connectivity index (χ4v) is 4.06. The molecule has 1 aromatic heterocycles. The van der Waals surface area contributed by atoms with Crippen LogP contribution in [-0.4, -0.2) is 29.1 Å². The van der Waals surface area contributed by atoms with E-state index in [1.165, 1.54) is 0 Å². The number of benzene rings is 2. The van der Waals surface area contributed by atoms with Crippen LogP contribution in [-0.2, 0) is 11.2 Å². The molecule has 0 aliphatic carbocycles. The van der Waals surface area contributed by atoms with Crippen LogP contribution in [0.15, 0.2) is 52.2 Å². The zero-order valence-corrected chi connectivity index (χ0v) is 17.5. The van der Waals surface area contributed by atoms with E-state index in [1.807, 2.05) is 30.3 Å². The quantitative estimate of drug-likeness (QED) is 0.410. The predicted molar refractivity (Wildman–Crippen MR) is 117 cm³/mol. The zero-order chi connectivity index (χ0) is 20.4. The number of hydrogen-bond donors (Lipinski definition) is 4. The lowest BCUT2D eigenvalue weighted by Gasteiger charge is -2.15. The Morgan fingerprint density at radius 2 is 2.03 bits per heavy atom. The Morgan fingerprint density at radius 1 is 1.24 bits per heavy atom. The number of hydrazone groups is 1. The fraction of sp³-hybridized carbons (Fsp3) is 0.150. The van der Waals surface area contributed by atoms with Gasteiger partial charge in [0, 0.05) is 22.2 Å². The maximum Gasteiger partial charge on any atom is 0.272 e. The lowest BCUT2D eigenvalue weighted by Crippen LogP contribution is -2.36. The van der Waals surface area contributed by atoms with Crippen molar-refractivity contribution in [3.63, 3.8) is 0 Å². The van der Waals surface area contributed by atoms with Crippen molar-refractivity contribution in [1.29, 1.82) is 0 Å². The molecule has 0 radical (unpaired) electrons. The summed E-state index contributed by atoms with van der Waals surface area (Å²) in [5.74, 6) is -0.623. The maximum atomic E-state index is 12.7. The third-order valence-corrected chi connectivity index (χ3v) is 5.66. The summed E-state index contributed by atoms with van der Waals surface area (Å²) < 4.78 is 0.709. The van der Waals surface area contributed by atoms with E-state index < -0.39 is 6.04 Å². The molecule has 0 fully saturated rings. The Morgan fingerprint density at radius 3 is 2.79 bits per heavy atom. The molecule has 9 heteroatoms. The summed E-state index contributed by atoms with van der Waals surface area (Å²) in [6.07, 6.45) is 2.81. The number of aromatic amines is 1. The number of halogens is 2. The highest BCUT2D eigenvalue weighted by atomic mass is 79.9. The number of carbonyl (C=O) groups excluding carboxylic acids is 2. The molecule has 1 atom stereocenters. The van der Waals surface area contributed by atoms with Crippen LogP contribution in [0, 0.1) is 0 Å². The van der Waals surface area contributed by atoms with E-state index >= 15 is 0 Å². The molecule has 0 saturated carbocycles. The third-order valence-electron chi connectivity index (χ3n) is 4.77. The summed E-state index contributed by atoms with van der Waals surface area (Å²) in [4.78, 5) is 30.8. The smallest absolute Gasteiger partial charge is 0.272 e. The molecular weight excluding hydrogens is 458 g/mol. The van der Waals surface area contributed by atoms with Gasteiger partial charge in [-0.1, -0.05) is 30.3 Å². The minimum Gasteiger partial charge on any atom is -0.349 e. The lowest BCUT2D eigenvalue weighted by molar-refractivity contribution is -0.117. The lowest BCUT2D eigenvalue weighted by atomic mass is 10.0. The standard InChI is InChI=1S/C20H17BrClN5O2/c21-18-14-10-23-27-19(28)13-8-12(9-16(25-18)17(13)14)24-20(29)15(26-22)7-6-11-4-2-1-3-5-11/h1-5,8-10,15,25-26H,6-7H2,(H,24,29)(H,27,28)/t15-/m1/s1. The topological polar surface area (TPSA) is 98.4 Å². The SMILES string of the molecule is O=C1NN=Cc2c(Br)[nH]c3cc(NC(=O)[C@@H](CCc4ccccc4)NCl)cc1c23. The van der Waals surface area contributed by atoms with Gasteiger partial charge in [-0.15, -0.1) is 0 Å². The van der Waals surface area contributed by atoms with Gasteiger partial charge in [0.15, 0.2) is 0 Å². The zero-order valence-electron chi connectivity index (χ0n) is 15.1. The molecule has 2 amide bonds. The van der Waals surface area contributed by atoms with E-state index in [0.717, 1.165) is 16.5 Å². The average molecular weight is 475 g/mol. The van der Waals surface area contributed by atoms with Gasteiger partial charge in [-0.2, -0.15) is 5.10 Å². The van der Waals surface area contributed by atoms with Crippen molar-refractivity contribution in [2.75, 3.05) is 5.32 Å². The molecule has 0 saturated heterocycles. The number of rotatable bonds is 6. The molecule has 148 valence electrons. The number of amides is 2. The molecular formula is C20H17BrClN5O2. The molecule has 3 aromatic rings. The molecule has 7 nitrogen and oxygen atoms in total. The van der Waals surface area contributed by atoms with Crippen LogP contribution in [0.25, 0.3) is 10.9 Å². The summed E-state index contributed by atoms with van der Waals surface area (Å²) >= 11 is 9.27. The number of nitrogens with one attached hydrogen (secondary N) is 4.